The van der Waals surface area contributed by atoms with Gasteiger partial charge in [0.05, 0.1) is 6.61 Å². The van der Waals surface area contributed by atoms with E-state index < -0.39 is 54.5 Å². The van der Waals surface area contributed by atoms with Crippen molar-refractivity contribution in [1.29, 1.82) is 0 Å². The molecule has 13 nitrogen and oxygen atoms in total. The van der Waals surface area contributed by atoms with Gasteiger partial charge in [0.2, 0.25) is 11.8 Å². The van der Waals surface area contributed by atoms with Crippen LogP contribution in [-0.4, -0.2) is 93.3 Å². The Morgan fingerprint density at radius 3 is 2.19 bits per heavy atom. The summed E-state index contributed by atoms with van der Waals surface area (Å²) in [5, 5.41) is 5.33. The van der Waals surface area contributed by atoms with Crippen LogP contribution in [0.1, 0.15) is 47.0 Å². The van der Waals surface area contributed by atoms with Gasteiger partial charge in [-0.05, 0) is 12.8 Å². The molecule has 208 valence electrons. The number of nitrogens with one attached hydrogen (secondary N) is 2. The molecule has 13 heteroatoms. The van der Waals surface area contributed by atoms with Gasteiger partial charge in [-0.25, -0.2) is 0 Å². The second kappa shape index (κ2) is 17.3. The van der Waals surface area contributed by atoms with Crippen LogP contribution in [0, 0.1) is 12.3 Å². The number of esters is 3. The van der Waals surface area contributed by atoms with Gasteiger partial charge in [0, 0.05) is 47.3 Å². The monoisotopic (exact) mass is 528 g/mol. The third-order valence-corrected chi connectivity index (χ3v) is 4.91. The highest BCUT2D eigenvalue weighted by atomic mass is 16.7. The van der Waals surface area contributed by atoms with Crippen molar-refractivity contribution in [2.75, 3.05) is 33.0 Å². The number of carbonyl (C=O) groups is 5. The molecule has 0 radical (unpaired) electrons. The minimum absolute atomic E-state index is 0.130. The first kappa shape index (κ1) is 31.8. The molecule has 1 heterocycles. The quantitative estimate of drug-likeness (QED) is 0.123. The van der Waals surface area contributed by atoms with Crippen LogP contribution < -0.4 is 10.6 Å². The first-order valence-electron chi connectivity index (χ1n) is 11.8. The maximum atomic E-state index is 11.9. The predicted molar refractivity (Wildman–Crippen MR) is 126 cm³/mol. The lowest BCUT2D eigenvalue weighted by Gasteiger charge is -2.44. The highest BCUT2D eigenvalue weighted by molar-refractivity contribution is 5.75. The SMILES string of the molecule is C#CCOCCNC(=O)CCCCOC1OC(COC(C)=O)C(OC(C)=O)C(OC(C)=O)C1NC(C)=O. The van der Waals surface area contributed by atoms with E-state index in [1.807, 2.05) is 0 Å². The summed E-state index contributed by atoms with van der Waals surface area (Å²) in [6.45, 7) is 5.42. The molecule has 1 rings (SSSR count). The fourth-order valence-electron chi connectivity index (χ4n) is 3.50. The fourth-order valence-corrected chi connectivity index (χ4v) is 3.50. The maximum absolute atomic E-state index is 11.9. The molecule has 37 heavy (non-hydrogen) atoms. The molecule has 1 fully saturated rings. The van der Waals surface area contributed by atoms with Crippen LogP contribution in [0.4, 0.5) is 0 Å². The van der Waals surface area contributed by atoms with Crippen molar-refractivity contribution in [3.63, 3.8) is 0 Å². The predicted octanol–water partition coefficient (Wildman–Crippen LogP) is -0.405. The number of hydrogen-bond donors (Lipinski definition) is 2. The highest BCUT2D eigenvalue weighted by Crippen LogP contribution is 2.28. The van der Waals surface area contributed by atoms with Crippen LogP contribution >= 0.6 is 0 Å². The summed E-state index contributed by atoms with van der Waals surface area (Å²) in [7, 11) is 0. The lowest BCUT2D eigenvalue weighted by molar-refractivity contribution is -0.277. The second-order valence-electron chi connectivity index (χ2n) is 8.15. The van der Waals surface area contributed by atoms with Gasteiger partial charge < -0.3 is 39.1 Å². The molecule has 0 saturated carbocycles. The third-order valence-electron chi connectivity index (χ3n) is 4.91. The molecule has 0 aromatic heterocycles. The summed E-state index contributed by atoms with van der Waals surface area (Å²) in [4.78, 5) is 58.8. The van der Waals surface area contributed by atoms with E-state index in [0.717, 1.165) is 13.8 Å². The molecule has 0 bridgehead atoms. The van der Waals surface area contributed by atoms with Crippen molar-refractivity contribution >= 4 is 29.7 Å². The van der Waals surface area contributed by atoms with E-state index in [2.05, 4.69) is 16.6 Å². The second-order valence-corrected chi connectivity index (χ2v) is 8.15. The number of rotatable bonds is 15. The summed E-state index contributed by atoms with van der Waals surface area (Å²) < 4.78 is 32.6. The van der Waals surface area contributed by atoms with E-state index in [0.29, 0.717) is 26.0 Å². The van der Waals surface area contributed by atoms with Gasteiger partial charge in [0.25, 0.3) is 0 Å². The van der Waals surface area contributed by atoms with E-state index in [-0.39, 0.29) is 32.1 Å². The van der Waals surface area contributed by atoms with Gasteiger partial charge >= 0.3 is 17.9 Å². The molecule has 2 amide bonds. The molecule has 5 atom stereocenters. The summed E-state index contributed by atoms with van der Waals surface area (Å²) >= 11 is 0. The van der Waals surface area contributed by atoms with E-state index >= 15 is 0 Å². The van der Waals surface area contributed by atoms with Gasteiger partial charge in [-0.15, -0.1) is 6.42 Å². The minimum atomic E-state index is -1.19. The maximum Gasteiger partial charge on any atom is 0.303 e. The number of amides is 2. The molecular weight excluding hydrogens is 492 g/mol. The molecule has 0 spiro atoms. The Labute approximate surface area is 216 Å². The summed E-state index contributed by atoms with van der Waals surface area (Å²) in [5.74, 6) is -0.285. The molecule has 0 aromatic carbocycles. The number of unbranched alkanes of at least 4 members (excludes halogenated alkanes) is 1. The van der Waals surface area contributed by atoms with Crippen LogP contribution in [0.2, 0.25) is 0 Å². The Kier molecular flexibility index (Phi) is 14.9. The van der Waals surface area contributed by atoms with Crippen molar-refractivity contribution in [2.45, 2.75) is 77.6 Å². The van der Waals surface area contributed by atoms with Crippen molar-refractivity contribution in [2.24, 2.45) is 0 Å². The molecule has 0 aromatic rings. The molecule has 1 aliphatic heterocycles. The van der Waals surface area contributed by atoms with Crippen LogP contribution in [0.3, 0.4) is 0 Å². The molecule has 2 N–H and O–H groups in total. The van der Waals surface area contributed by atoms with Gasteiger partial charge in [-0.2, -0.15) is 0 Å². The van der Waals surface area contributed by atoms with Gasteiger partial charge in [-0.3, -0.25) is 24.0 Å². The van der Waals surface area contributed by atoms with Crippen molar-refractivity contribution in [3.05, 3.63) is 0 Å². The molecule has 0 aliphatic carbocycles. The Balaban J connectivity index is 2.83. The van der Waals surface area contributed by atoms with Gasteiger partial charge in [0.15, 0.2) is 18.5 Å². The van der Waals surface area contributed by atoms with Crippen LogP contribution in [0.25, 0.3) is 0 Å². The van der Waals surface area contributed by atoms with Crippen molar-refractivity contribution in [1.82, 2.24) is 10.6 Å². The van der Waals surface area contributed by atoms with Gasteiger partial charge in [-0.1, -0.05) is 5.92 Å². The zero-order chi connectivity index (χ0) is 27.8. The van der Waals surface area contributed by atoms with Crippen molar-refractivity contribution < 1.29 is 52.4 Å². The zero-order valence-corrected chi connectivity index (χ0v) is 21.6. The number of hydrogen-bond acceptors (Lipinski definition) is 11. The molecule has 1 aliphatic rings. The average molecular weight is 529 g/mol. The fraction of sp³-hybridized carbons (Fsp3) is 0.708. The topological polar surface area (TPSA) is 165 Å². The lowest BCUT2D eigenvalue weighted by atomic mass is 9.96. The standard InChI is InChI=1S/C24H36N2O11/c1-6-11-32-13-10-25-20(31)9-7-8-12-33-24-21(26-15(2)27)23(36-18(5)30)22(35-17(4)29)19(37-24)14-34-16(3)28/h1,19,21-24H,7-14H2,2-5H3,(H,25,31)(H,26,27). The number of carbonyl (C=O) groups excluding carboxylic acids is 5. The first-order valence-corrected chi connectivity index (χ1v) is 11.8. The largest absolute Gasteiger partial charge is 0.463 e. The molecular formula is C24H36N2O11. The lowest BCUT2D eigenvalue weighted by Crippen LogP contribution is -2.66. The minimum Gasteiger partial charge on any atom is -0.463 e. The van der Waals surface area contributed by atoms with Crippen LogP contribution in [0.15, 0.2) is 0 Å². The van der Waals surface area contributed by atoms with E-state index in [1.165, 1.54) is 13.8 Å². The Bertz CT molecular complexity index is 826. The highest BCUT2D eigenvalue weighted by Gasteiger charge is 2.51. The number of ether oxygens (including phenoxy) is 6. The Hall–Kier alpha value is -3.21. The summed E-state index contributed by atoms with van der Waals surface area (Å²) in [6, 6.07) is -1.04. The van der Waals surface area contributed by atoms with E-state index in [9.17, 15) is 24.0 Å². The zero-order valence-electron chi connectivity index (χ0n) is 21.6. The van der Waals surface area contributed by atoms with Gasteiger partial charge in [0.1, 0.15) is 25.4 Å². The first-order chi connectivity index (χ1) is 17.5. The van der Waals surface area contributed by atoms with Crippen LogP contribution in [-0.2, 0) is 52.4 Å². The van der Waals surface area contributed by atoms with E-state index in [1.54, 1.807) is 0 Å². The normalized spacial score (nSPS) is 22.7. The average Bonchev–Trinajstić information content (AvgIpc) is 2.80. The molecule has 5 unspecified atom stereocenters. The third kappa shape index (κ3) is 13.1. The molecule has 1 saturated heterocycles. The smallest absolute Gasteiger partial charge is 0.303 e. The summed E-state index contributed by atoms with van der Waals surface area (Å²) in [5.41, 5.74) is 0. The Morgan fingerprint density at radius 1 is 0.919 bits per heavy atom. The van der Waals surface area contributed by atoms with E-state index in [4.69, 9.17) is 34.8 Å². The summed E-state index contributed by atoms with van der Waals surface area (Å²) in [6.07, 6.45) is 1.72. The number of terminal acetylenes is 1. The van der Waals surface area contributed by atoms with Crippen molar-refractivity contribution in [3.8, 4) is 12.3 Å². The van der Waals surface area contributed by atoms with Crippen LogP contribution in [0.5, 0.6) is 0 Å². The Morgan fingerprint density at radius 2 is 1.59 bits per heavy atom.